The highest BCUT2D eigenvalue weighted by Gasteiger charge is 2.10. The van der Waals surface area contributed by atoms with E-state index in [1.54, 1.807) is 0 Å². The molecule has 1 saturated heterocycles. The number of benzene rings is 1. The number of para-hydroxylation sites is 1. The molecule has 3 nitrogen and oxygen atoms in total. The number of anilines is 1. The third kappa shape index (κ3) is 5.57. The zero-order chi connectivity index (χ0) is 13.3. The molecule has 0 amide bonds. The summed E-state index contributed by atoms with van der Waals surface area (Å²) in [5.41, 5.74) is 1.03. The van der Waals surface area contributed by atoms with E-state index in [1.165, 1.54) is 32.5 Å². The van der Waals surface area contributed by atoms with Crippen LogP contribution in [-0.4, -0.2) is 36.2 Å². The van der Waals surface area contributed by atoms with E-state index in [4.69, 9.17) is 12.2 Å². The largest absolute Gasteiger partial charge is 0.362 e. The summed E-state index contributed by atoms with van der Waals surface area (Å²) >= 11 is 5.26. The number of nitrogens with one attached hydrogen (secondary N) is 2. The number of hydrogen-bond acceptors (Lipinski definition) is 2. The summed E-state index contributed by atoms with van der Waals surface area (Å²) in [7, 11) is 0. The average Bonchev–Trinajstić information content (AvgIpc) is 2.92. The molecule has 1 fully saturated rings. The lowest BCUT2D eigenvalue weighted by Gasteiger charge is -2.14. The fourth-order valence-corrected chi connectivity index (χ4v) is 2.42. The molecule has 103 valence electrons. The van der Waals surface area contributed by atoms with Crippen molar-refractivity contribution in [2.45, 2.75) is 19.3 Å². The second-order valence-corrected chi connectivity index (χ2v) is 5.24. The maximum Gasteiger partial charge on any atom is 0.170 e. The van der Waals surface area contributed by atoms with Crippen molar-refractivity contribution in [1.29, 1.82) is 0 Å². The quantitative estimate of drug-likeness (QED) is 0.617. The second kappa shape index (κ2) is 8.12. The molecule has 0 bridgehead atoms. The van der Waals surface area contributed by atoms with Gasteiger partial charge in [-0.2, -0.15) is 0 Å². The van der Waals surface area contributed by atoms with Crippen molar-refractivity contribution in [3.05, 3.63) is 36.8 Å². The molecule has 19 heavy (non-hydrogen) atoms. The number of thiocarbonyl (C=S) groups is 1. The summed E-state index contributed by atoms with van der Waals surface area (Å²) in [6, 6.07) is 10.0. The number of rotatable bonds is 6. The summed E-state index contributed by atoms with van der Waals surface area (Å²) in [6.45, 7) is 4.55. The number of hydrogen-bond donors (Lipinski definition) is 2. The predicted octanol–water partition coefficient (Wildman–Crippen LogP) is 2.66. The van der Waals surface area contributed by atoms with Gasteiger partial charge in [0.25, 0.3) is 0 Å². The SMILES string of the molecule is S=C(NCCCCN1C[CH]CC1)Nc1ccccc1. The van der Waals surface area contributed by atoms with Gasteiger partial charge in [0.15, 0.2) is 5.11 Å². The van der Waals surface area contributed by atoms with Crippen molar-refractivity contribution in [3.8, 4) is 0 Å². The molecule has 1 aromatic carbocycles. The third-order valence-electron chi connectivity index (χ3n) is 3.26. The Bertz CT molecular complexity index is 374. The van der Waals surface area contributed by atoms with E-state index in [-0.39, 0.29) is 0 Å². The van der Waals surface area contributed by atoms with Gasteiger partial charge in [-0.25, -0.2) is 0 Å². The summed E-state index contributed by atoms with van der Waals surface area (Å²) in [5, 5.41) is 7.14. The maximum absolute atomic E-state index is 5.26. The van der Waals surface area contributed by atoms with Crippen LogP contribution in [-0.2, 0) is 0 Å². The summed E-state index contributed by atoms with van der Waals surface area (Å²) in [6.07, 6.45) is 6.00. The van der Waals surface area contributed by atoms with E-state index in [9.17, 15) is 0 Å². The van der Waals surface area contributed by atoms with Crippen molar-refractivity contribution in [1.82, 2.24) is 10.2 Å². The Kier molecular flexibility index (Phi) is 6.11. The highest BCUT2D eigenvalue weighted by molar-refractivity contribution is 7.80. The molecule has 2 rings (SSSR count). The molecule has 2 N–H and O–H groups in total. The second-order valence-electron chi connectivity index (χ2n) is 4.83. The first-order chi connectivity index (χ1) is 9.34. The van der Waals surface area contributed by atoms with Crippen LogP contribution in [0, 0.1) is 6.42 Å². The standard InChI is InChI=1S/C15H22N3S/c19-15(17-14-8-2-1-3-9-14)16-10-4-5-11-18-12-6-7-13-18/h1-3,6,8-9H,4-5,7,10-13H2,(H2,16,17,19). The van der Waals surface area contributed by atoms with Gasteiger partial charge in [0.1, 0.15) is 0 Å². The predicted molar refractivity (Wildman–Crippen MR) is 85.3 cm³/mol. The molecule has 4 heteroatoms. The fourth-order valence-electron chi connectivity index (χ4n) is 2.20. The topological polar surface area (TPSA) is 27.3 Å². The van der Waals surface area contributed by atoms with Gasteiger partial charge in [-0.05, 0) is 63.1 Å². The zero-order valence-electron chi connectivity index (χ0n) is 11.3. The van der Waals surface area contributed by atoms with Crippen LogP contribution in [0.15, 0.2) is 30.3 Å². The minimum Gasteiger partial charge on any atom is -0.362 e. The number of nitrogens with zero attached hydrogens (tertiary/aromatic N) is 1. The van der Waals surface area contributed by atoms with Crippen LogP contribution in [0.5, 0.6) is 0 Å². The van der Waals surface area contributed by atoms with Gasteiger partial charge < -0.3 is 15.5 Å². The van der Waals surface area contributed by atoms with E-state index in [0.717, 1.165) is 18.7 Å². The van der Waals surface area contributed by atoms with E-state index in [0.29, 0.717) is 5.11 Å². The molecule has 1 radical (unpaired) electrons. The van der Waals surface area contributed by atoms with Crippen LogP contribution in [0.4, 0.5) is 5.69 Å². The number of likely N-dealkylation sites (tertiary alicyclic amines) is 1. The highest BCUT2D eigenvalue weighted by Crippen LogP contribution is 2.07. The summed E-state index contributed by atoms with van der Waals surface area (Å²) in [5.74, 6) is 0. The van der Waals surface area contributed by atoms with Crippen molar-refractivity contribution < 1.29 is 0 Å². The Hall–Kier alpha value is -1.13. The molecule has 0 unspecified atom stereocenters. The van der Waals surface area contributed by atoms with Crippen LogP contribution >= 0.6 is 12.2 Å². The van der Waals surface area contributed by atoms with Gasteiger partial charge >= 0.3 is 0 Å². The first kappa shape index (κ1) is 14.3. The molecule has 0 saturated carbocycles. The van der Waals surface area contributed by atoms with E-state index < -0.39 is 0 Å². The molecule has 0 spiro atoms. The van der Waals surface area contributed by atoms with Gasteiger partial charge in [0, 0.05) is 18.8 Å². The van der Waals surface area contributed by atoms with Gasteiger partial charge in [0.05, 0.1) is 0 Å². The van der Waals surface area contributed by atoms with Crippen molar-refractivity contribution in [2.24, 2.45) is 0 Å². The average molecular weight is 276 g/mol. The zero-order valence-corrected chi connectivity index (χ0v) is 12.1. The number of unbranched alkanes of at least 4 members (excludes halogenated alkanes) is 1. The Labute approximate surface area is 121 Å². The van der Waals surface area contributed by atoms with Gasteiger partial charge in [0.2, 0.25) is 0 Å². The Morgan fingerprint density at radius 1 is 1.21 bits per heavy atom. The molecule has 1 aliphatic heterocycles. The summed E-state index contributed by atoms with van der Waals surface area (Å²) in [4.78, 5) is 2.50. The van der Waals surface area contributed by atoms with E-state index in [2.05, 4.69) is 22.0 Å². The molecule has 0 aliphatic carbocycles. The van der Waals surface area contributed by atoms with E-state index >= 15 is 0 Å². The van der Waals surface area contributed by atoms with Gasteiger partial charge in [-0.1, -0.05) is 18.2 Å². The lowest BCUT2D eigenvalue weighted by molar-refractivity contribution is 0.335. The monoisotopic (exact) mass is 276 g/mol. The molecule has 0 atom stereocenters. The lowest BCUT2D eigenvalue weighted by atomic mass is 10.3. The minimum absolute atomic E-state index is 0.709. The molecular formula is C15H22N3S. The minimum atomic E-state index is 0.709. The molecule has 0 aromatic heterocycles. The van der Waals surface area contributed by atoms with E-state index in [1.807, 2.05) is 30.3 Å². The molecule has 1 heterocycles. The van der Waals surface area contributed by atoms with Gasteiger partial charge in [-0.3, -0.25) is 0 Å². The lowest BCUT2D eigenvalue weighted by Crippen LogP contribution is -2.30. The van der Waals surface area contributed by atoms with Crippen molar-refractivity contribution in [2.75, 3.05) is 31.5 Å². The third-order valence-corrected chi connectivity index (χ3v) is 3.50. The maximum atomic E-state index is 5.26. The van der Waals surface area contributed by atoms with Crippen LogP contribution in [0.25, 0.3) is 0 Å². The highest BCUT2D eigenvalue weighted by atomic mass is 32.1. The molecule has 1 aromatic rings. The fraction of sp³-hybridized carbons (Fsp3) is 0.467. The smallest absolute Gasteiger partial charge is 0.170 e. The Morgan fingerprint density at radius 3 is 2.79 bits per heavy atom. The van der Waals surface area contributed by atoms with Crippen molar-refractivity contribution in [3.63, 3.8) is 0 Å². The molecular weight excluding hydrogens is 254 g/mol. The van der Waals surface area contributed by atoms with Crippen LogP contribution in [0.2, 0.25) is 0 Å². The normalized spacial score (nSPS) is 15.4. The van der Waals surface area contributed by atoms with Gasteiger partial charge in [-0.15, -0.1) is 0 Å². The first-order valence-corrected chi connectivity index (χ1v) is 7.39. The van der Waals surface area contributed by atoms with Crippen LogP contribution in [0.3, 0.4) is 0 Å². The van der Waals surface area contributed by atoms with Crippen LogP contribution in [0.1, 0.15) is 19.3 Å². The first-order valence-electron chi connectivity index (χ1n) is 6.98. The van der Waals surface area contributed by atoms with Crippen molar-refractivity contribution >= 4 is 23.0 Å². The Morgan fingerprint density at radius 2 is 2.05 bits per heavy atom. The Balaban J connectivity index is 1.51. The summed E-state index contributed by atoms with van der Waals surface area (Å²) < 4.78 is 0. The molecule has 1 aliphatic rings. The van der Waals surface area contributed by atoms with Crippen LogP contribution < -0.4 is 10.6 Å².